The third-order valence-electron chi connectivity index (χ3n) is 3.93. The van der Waals surface area contributed by atoms with Crippen LogP contribution >= 0.6 is 0 Å². The van der Waals surface area contributed by atoms with Gasteiger partial charge in [0.2, 0.25) is 0 Å². The van der Waals surface area contributed by atoms with E-state index in [2.05, 4.69) is 25.3 Å². The summed E-state index contributed by atoms with van der Waals surface area (Å²) in [5, 5.41) is 3.49. The van der Waals surface area contributed by atoms with E-state index >= 15 is 0 Å². The number of anilines is 1. The van der Waals surface area contributed by atoms with E-state index in [4.69, 9.17) is 4.74 Å². The van der Waals surface area contributed by atoms with Gasteiger partial charge < -0.3 is 15.0 Å². The zero-order valence-electron chi connectivity index (χ0n) is 9.97. The molecule has 0 amide bonds. The Bertz CT molecular complexity index is 568. The molecule has 3 atom stereocenters. The molecule has 2 N–H and O–H groups in total. The molecule has 2 aromatic heterocycles. The number of fused-ring (bicyclic) bond motifs is 3. The number of ether oxygens (including phenoxy) is 1. The average Bonchev–Trinajstić information content (AvgIpc) is 3.01. The summed E-state index contributed by atoms with van der Waals surface area (Å²) < 4.78 is 5.94. The highest BCUT2D eigenvalue weighted by molar-refractivity contribution is 5.82. The van der Waals surface area contributed by atoms with Crippen LogP contribution in [0, 0.1) is 0 Å². The molecule has 0 spiro atoms. The number of nitrogens with zero attached hydrogens (tertiary/aromatic N) is 3. The summed E-state index contributed by atoms with van der Waals surface area (Å²) in [5.74, 6) is 0.830. The Balaban J connectivity index is 1.62. The Kier molecular flexibility index (Phi) is 2.23. The van der Waals surface area contributed by atoms with E-state index in [0.29, 0.717) is 23.9 Å². The number of imidazole rings is 1. The largest absolute Gasteiger partial charge is 0.373 e. The molecule has 0 aromatic carbocycles. The zero-order valence-corrected chi connectivity index (χ0v) is 9.97. The first-order valence-corrected chi connectivity index (χ1v) is 6.46. The molecule has 0 saturated carbocycles. The molecule has 2 aliphatic heterocycles. The van der Waals surface area contributed by atoms with E-state index in [1.165, 1.54) is 6.42 Å². The summed E-state index contributed by atoms with van der Waals surface area (Å²) >= 11 is 0. The van der Waals surface area contributed by atoms with E-state index in [9.17, 15) is 0 Å². The number of rotatable bonds is 2. The molecular formula is C12H15N5O. The SMILES string of the molecule is c1nc(NC2CCC3CCC2O3)c2[nH]cnc2n1. The second-order valence-corrected chi connectivity index (χ2v) is 5.03. The van der Waals surface area contributed by atoms with Gasteiger partial charge in [-0.15, -0.1) is 0 Å². The summed E-state index contributed by atoms with van der Waals surface area (Å²) in [6.07, 6.45) is 8.66. The van der Waals surface area contributed by atoms with Gasteiger partial charge in [0.1, 0.15) is 11.8 Å². The standard InChI is InChI=1S/C12H15N5O/c1-3-8(9-4-2-7(1)18-9)17-12-10-11(14-5-13-10)15-6-16-12/h5-9H,1-4H2,(H2,13,14,15,16,17). The van der Waals surface area contributed by atoms with Crippen LogP contribution in [-0.2, 0) is 4.74 Å². The highest BCUT2D eigenvalue weighted by Gasteiger charge is 2.36. The zero-order chi connectivity index (χ0) is 11.9. The van der Waals surface area contributed by atoms with E-state index in [-0.39, 0.29) is 0 Å². The van der Waals surface area contributed by atoms with Crippen LogP contribution in [0.5, 0.6) is 0 Å². The quantitative estimate of drug-likeness (QED) is 0.838. The summed E-state index contributed by atoms with van der Waals surface area (Å²) in [5.41, 5.74) is 1.58. The first kappa shape index (κ1) is 10.3. The maximum absolute atomic E-state index is 5.94. The lowest BCUT2D eigenvalue weighted by Crippen LogP contribution is -2.38. The van der Waals surface area contributed by atoms with Crippen molar-refractivity contribution in [3.8, 4) is 0 Å². The molecular weight excluding hydrogens is 230 g/mol. The summed E-state index contributed by atoms with van der Waals surface area (Å²) in [6.45, 7) is 0. The first-order valence-electron chi connectivity index (χ1n) is 6.46. The Morgan fingerprint density at radius 1 is 1.17 bits per heavy atom. The minimum absolute atomic E-state index is 0.330. The Labute approximate surface area is 104 Å². The number of aromatic amines is 1. The third-order valence-corrected chi connectivity index (χ3v) is 3.93. The van der Waals surface area contributed by atoms with E-state index in [1.54, 1.807) is 12.7 Å². The van der Waals surface area contributed by atoms with Crippen molar-refractivity contribution >= 4 is 17.0 Å². The lowest BCUT2D eigenvalue weighted by atomic mass is 10.0. The molecule has 0 aliphatic carbocycles. The van der Waals surface area contributed by atoms with Crippen molar-refractivity contribution < 1.29 is 4.74 Å². The van der Waals surface area contributed by atoms with Gasteiger partial charge in [0.15, 0.2) is 11.5 Å². The maximum Gasteiger partial charge on any atom is 0.182 e. The summed E-state index contributed by atoms with van der Waals surface area (Å²) in [4.78, 5) is 15.6. The van der Waals surface area contributed by atoms with Crippen molar-refractivity contribution in [3.05, 3.63) is 12.7 Å². The van der Waals surface area contributed by atoms with Crippen LogP contribution in [0.15, 0.2) is 12.7 Å². The van der Waals surface area contributed by atoms with Gasteiger partial charge >= 0.3 is 0 Å². The Morgan fingerprint density at radius 3 is 3.11 bits per heavy atom. The Hall–Kier alpha value is -1.69. The summed E-state index contributed by atoms with van der Waals surface area (Å²) in [7, 11) is 0. The normalized spacial score (nSPS) is 30.8. The molecule has 0 radical (unpaired) electrons. The van der Waals surface area contributed by atoms with Crippen molar-refractivity contribution in [2.24, 2.45) is 0 Å². The maximum atomic E-state index is 5.94. The van der Waals surface area contributed by atoms with Crippen molar-refractivity contribution in [2.75, 3.05) is 5.32 Å². The molecule has 2 aliphatic rings. The molecule has 4 rings (SSSR count). The van der Waals surface area contributed by atoms with Crippen LogP contribution in [0.2, 0.25) is 0 Å². The van der Waals surface area contributed by atoms with E-state index in [0.717, 1.165) is 30.6 Å². The lowest BCUT2D eigenvalue weighted by molar-refractivity contribution is -0.00224. The van der Waals surface area contributed by atoms with E-state index in [1.807, 2.05) is 0 Å². The molecule has 2 saturated heterocycles. The van der Waals surface area contributed by atoms with Crippen molar-refractivity contribution in [1.29, 1.82) is 0 Å². The molecule has 2 bridgehead atoms. The highest BCUT2D eigenvalue weighted by atomic mass is 16.5. The average molecular weight is 245 g/mol. The predicted molar refractivity (Wildman–Crippen MR) is 66.2 cm³/mol. The minimum Gasteiger partial charge on any atom is -0.373 e. The van der Waals surface area contributed by atoms with Gasteiger partial charge in [-0.25, -0.2) is 15.0 Å². The monoisotopic (exact) mass is 245 g/mol. The smallest absolute Gasteiger partial charge is 0.182 e. The van der Waals surface area contributed by atoms with Crippen molar-refractivity contribution in [1.82, 2.24) is 19.9 Å². The fourth-order valence-corrected chi connectivity index (χ4v) is 3.01. The van der Waals surface area contributed by atoms with Crippen LogP contribution < -0.4 is 5.32 Å². The first-order chi connectivity index (χ1) is 8.90. The molecule has 2 fully saturated rings. The van der Waals surface area contributed by atoms with E-state index < -0.39 is 0 Å². The van der Waals surface area contributed by atoms with Crippen LogP contribution in [0.4, 0.5) is 5.82 Å². The van der Waals surface area contributed by atoms with Gasteiger partial charge in [0.05, 0.1) is 24.6 Å². The second kappa shape index (κ2) is 3.91. The van der Waals surface area contributed by atoms with Gasteiger partial charge in [-0.05, 0) is 25.7 Å². The lowest BCUT2D eigenvalue weighted by Gasteiger charge is -2.30. The van der Waals surface area contributed by atoms with Gasteiger partial charge in [0.25, 0.3) is 0 Å². The van der Waals surface area contributed by atoms with Crippen LogP contribution in [0.25, 0.3) is 11.2 Å². The molecule has 6 heteroatoms. The van der Waals surface area contributed by atoms with Crippen molar-refractivity contribution in [2.45, 2.75) is 43.9 Å². The van der Waals surface area contributed by atoms with Crippen LogP contribution in [0.1, 0.15) is 25.7 Å². The fraction of sp³-hybridized carbons (Fsp3) is 0.583. The van der Waals surface area contributed by atoms with Gasteiger partial charge in [-0.1, -0.05) is 0 Å². The van der Waals surface area contributed by atoms with Gasteiger partial charge in [-0.3, -0.25) is 0 Å². The number of hydrogen-bond donors (Lipinski definition) is 2. The van der Waals surface area contributed by atoms with Gasteiger partial charge in [0, 0.05) is 0 Å². The number of aromatic nitrogens is 4. The molecule has 4 heterocycles. The topological polar surface area (TPSA) is 75.7 Å². The number of nitrogens with one attached hydrogen (secondary N) is 2. The minimum atomic E-state index is 0.330. The third kappa shape index (κ3) is 1.56. The predicted octanol–water partition coefficient (Wildman–Crippen LogP) is 1.47. The van der Waals surface area contributed by atoms with Crippen molar-refractivity contribution in [3.63, 3.8) is 0 Å². The molecule has 3 unspecified atom stereocenters. The summed E-state index contributed by atoms with van der Waals surface area (Å²) in [6, 6.07) is 0.352. The molecule has 94 valence electrons. The number of H-pyrrole nitrogens is 1. The molecule has 18 heavy (non-hydrogen) atoms. The fourth-order valence-electron chi connectivity index (χ4n) is 3.01. The second-order valence-electron chi connectivity index (χ2n) is 5.03. The Morgan fingerprint density at radius 2 is 2.11 bits per heavy atom. The molecule has 2 aromatic rings. The molecule has 6 nitrogen and oxygen atoms in total. The van der Waals surface area contributed by atoms with Gasteiger partial charge in [-0.2, -0.15) is 0 Å². The van der Waals surface area contributed by atoms with Crippen LogP contribution in [0.3, 0.4) is 0 Å². The van der Waals surface area contributed by atoms with Crippen LogP contribution in [-0.4, -0.2) is 38.2 Å². The number of hydrogen-bond acceptors (Lipinski definition) is 5. The highest BCUT2D eigenvalue weighted by Crippen LogP contribution is 2.34.